The van der Waals surface area contributed by atoms with Gasteiger partial charge in [-0.25, -0.2) is 4.79 Å². The topological polar surface area (TPSA) is 55.7 Å². The first-order chi connectivity index (χ1) is 13.6. The quantitative estimate of drug-likeness (QED) is 0.305. The number of carbonyl (C=O) groups is 2. The Balaban J connectivity index is 0.000000211. The van der Waals surface area contributed by atoms with Crippen molar-refractivity contribution in [2.45, 2.75) is 6.61 Å². The van der Waals surface area contributed by atoms with Crippen molar-refractivity contribution in [3.8, 4) is 0 Å². The van der Waals surface area contributed by atoms with Gasteiger partial charge in [0.2, 0.25) is 0 Å². The van der Waals surface area contributed by atoms with E-state index in [1.807, 2.05) is 30.3 Å². The molecule has 3 aromatic carbocycles. The first-order valence-electron chi connectivity index (χ1n) is 8.36. The summed E-state index contributed by atoms with van der Waals surface area (Å²) in [7, 11) is 0. The van der Waals surface area contributed by atoms with Gasteiger partial charge in [-0.3, -0.25) is 9.79 Å². The molecule has 0 unspecified atom stereocenters. The first kappa shape index (κ1) is 19.8. The minimum atomic E-state index is -0.279. The second-order valence-electron chi connectivity index (χ2n) is 5.86. The Hall–Kier alpha value is -2.95. The molecule has 0 spiro atoms. The van der Waals surface area contributed by atoms with E-state index in [1.54, 1.807) is 42.6 Å². The molecule has 3 aromatic rings. The van der Waals surface area contributed by atoms with Gasteiger partial charge in [0, 0.05) is 27.4 Å². The van der Waals surface area contributed by atoms with Crippen LogP contribution in [0.4, 0.5) is 5.69 Å². The van der Waals surface area contributed by atoms with Crippen molar-refractivity contribution in [2.24, 2.45) is 4.99 Å². The summed E-state index contributed by atoms with van der Waals surface area (Å²) < 4.78 is 5.00. The van der Waals surface area contributed by atoms with Crippen LogP contribution in [0, 0.1) is 0 Å². The third-order valence-electron chi connectivity index (χ3n) is 3.95. The molecular weight excluding hydrogens is 397 g/mol. The zero-order valence-electron chi connectivity index (χ0n) is 14.6. The van der Waals surface area contributed by atoms with E-state index in [2.05, 4.69) is 4.99 Å². The average molecular weight is 412 g/mol. The SMILES string of the molecule is O=C1OCc2c(N=Cc3ccc(Cl)cc3)cccc21.O=Cc1ccc(Cl)cc1. The first-order valence-corrected chi connectivity index (χ1v) is 9.12. The van der Waals surface area contributed by atoms with Gasteiger partial charge in [-0.15, -0.1) is 0 Å². The van der Waals surface area contributed by atoms with E-state index >= 15 is 0 Å². The Bertz CT molecular complexity index is 1010. The molecule has 1 aliphatic heterocycles. The molecular formula is C22H15Cl2NO3. The Kier molecular flexibility index (Phi) is 6.58. The third kappa shape index (κ3) is 5.06. The van der Waals surface area contributed by atoms with Crippen LogP contribution in [0.2, 0.25) is 10.0 Å². The monoisotopic (exact) mass is 411 g/mol. The molecule has 0 N–H and O–H groups in total. The minimum Gasteiger partial charge on any atom is -0.457 e. The fourth-order valence-electron chi connectivity index (χ4n) is 2.49. The number of esters is 1. The van der Waals surface area contributed by atoms with Crippen molar-refractivity contribution in [3.05, 3.63) is 99.0 Å². The van der Waals surface area contributed by atoms with Crippen LogP contribution in [0.25, 0.3) is 0 Å². The maximum absolute atomic E-state index is 11.4. The minimum absolute atomic E-state index is 0.279. The highest BCUT2D eigenvalue weighted by Crippen LogP contribution is 2.29. The van der Waals surface area contributed by atoms with Gasteiger partial charge in [0.25, 0.3) is 0 Å². The summed E-state index contributed by atoms with van der Waals surface area (Å²) in [5, 5.41) is 1.34. The molecule has 0 bridgehead atoms. The second kappa shape index (κ2) is 9.31. The average Bonchev–Trinajstić information content (AvgIpc) is 3.10. The molecule has 0 fully saturated rings. The maximum atomic E-state index is 11.4. The molecule has 4 nitrogen and oxygen atoms in total. The standard InChI is InChI=1S/C15H10ClNO2.C7H5ClO/c16-11-6-4-10(5-7-11)8-17-14-3-1-2-12-13(14)9-19-15(12)18;8-7-3-1-6(5-9)2-4-7/h1-8H,9H2;1-5H. The van der Waals surface area contributed by atoms with Gasteiger partial charge in [-0.05, 0) is 42.0 Å². The number of hydrogen-bond acceptors (Lipinski definition) is 4. The molecule has 0 radical (unpaired) electrons. The van der Waals surface area contributed by atoms with E-state index in [0.29, 0.717) is 27.8 Å². The lowest BCUT2D eigenvalue weighted by molar-refractivity contribution is 0.0535. The van der Waals surface area contributed by atoms with E-state index in [-0.39, 0.29) is 5.97 Å². The van der Waals surface area contributed by atoms with Gasteiger partial charge in [0.15, 0.2) is 0 Å². The molecule has 1 heterocycles. The Morgan fingerprint density at radius 3 is 2.07 bits per heavy atom. The number of aldehydes is 1. The predicted molar refractivity (Wildman–Crippen MR) is 111 cm³/mol. The molecule has 0 saturated carbocycles. The highest BCUT2D eigenvalue weighted by atomic mass is 35.5. The fourth-order valence-corrected chi connectivity index (χ4v) is 2.74. The summed E-state index contributed by atoms with van der Waals surface area (Å²) in [6, 6.07) is 19.5. The summed E-state index contributed by atoms with van der Waals surface area (Å²) in [6.45, 7) is 0.294. The molecule has 0 aromatic heterocycles. The predicted octanol–water partition coefficient (Wildman–Crippen LogP) is 5.91. The number of ether oxygens (including phenoxy) is 1. The molecule has 1 aliphatic rings. The van der Waals surface area contributed by atoms with E-state index in [4.69, 9.17) is 27.9 Å². The number of hydrogen-bond donors (Lipinski definition) is 0. The Morgan fingerprint density at radius 1 is 0.857 bits per heavy atom. The van der Waals surface area contributed by atoms with E-state index in [9.17, 15) is 9.59 Å². The number of fused-ring (bicyclic) bond motifs is 1. The number of aliphatic imine (C=N–C) groups is 1. The van der Waals surface area contributed by atoms with Gasteiger partial charge < -0.3 is 4.74 Å². The summed E-state index contributed by atoms with van der Waals surface area (Å²) in [5.41, 5.74) is 3.81. The van der Waals surface area contributed by atoms with Gasteiger partial charge in [-0.1, -0.05) is 53.5 Å². The van der Waals surface area contributed by atoms with Crippen LogP contribution in [0.5, 0.6) is 0 Å². The van der Waals surface area contributed by atoms with Crippen LogP contribution in [0.3, 0.4) is 0 Å². The number of cyclic esters (lactones) is 1. The molecule has 6 heteroatoms. The zero-order valence-corrected chi connectivity index (χ0v) is 16.2. The maximum Gasteiger partial charge on any atom is 0.338 e. The molecule has 0 atom stereocenters. The number of rotatable bonds is 3. The van der Waals surface area contributed by atoms with Gasteiger partial charge in [0.1, 0.15) is 12.9 Å². The summed E-state index contributed by atoms with van der Waals surface area (Å²) in [6.07, 6.45) is 2.53. The van der Waals surface area contributed by atoms with E-state index in [1.165, 1.54) is 0 Å². The van der Waals surface area contributed by atoms with Crippen molar-refractivity contribution < 1.29 is 14.3 Å². The van der Waals surface area contributed by atoms with Gasteiger partial charge in [-0.2, -0.15) is 0 Å². The summed E-state index contributed by atoms with van der Waals surface area (Å²) in [5.74, 6) is -0.279. The van der Waals surface area contributed by atoms with Gasteiger partial charge in [0.05, 0.1) is 11.3 Å². The Morgan fingerprint density at radius 2 is 1.46 bits per heavy atom. The molecule has 0 amide bonds. The molecule has 4 rings (SSSR count). The molecule has 140 valence electrons. The Labute approximate surface area is 172 Å². The van der Waals surface area contributed by atoms with Crippen LogP contribution < -0.4 is 0 Å². The van der Waals surface area contributed by atoms with Crippen LogP contribution >= 0.6 is 23.2 Å². The second-order valence-corrected chi connectivity index (χ2v) is 6.73. The fraction of sp³-hybridized carbons (Fsp3) is 0.0455. The molecule has 28 heavy (non-hydrogen) atoms. The number of nitrogens with zero attached hydrogens (tertiary/aromatic N) is 1. The van der Waals surface area contributed by atoms with Crippen molar-refractivity contribution >= 4 is 47.4 Å². The largest absolute Gasteiger partial charge is 0.457 e. The van der Waals surface area contributed by atoms with Gasteiger partial charge >= 0.3 is 5.97 Å². The lowest BCUT2D eigenvalue weighted by atomic mass is 10.1. The normalized spacial score (nSPS) is 12.1. The van der Waals surface area contributed by atoms with Crippen LogP contribution in [-0.4, -0.2) is 18.5 Å². The van der Waals surface area contributed by atoms with Crippen LogP contribution in [0.1, 0.15) is 31.8 Å². The number of carbonyl (C=O) groups excluding carboxylic acids is 2. The molecule has 0 saturated heterocycles. The highest BCUT2D eigenvalue weighted by molar-refractivity contribution is 6.30. The number of benzene rings is 3. The lowest BCUT2D eigenvalue weighted by Crippen LogP contribution is -1.92. The third-order valence-corrected chi connectivity index (χ3v) is 4.45. The smallest absolute Gasteiger partial charge is 0.338 e. The molecule has 0 aliphatic carbocycles. The van der Waals surface area contributed by atoms with E-state index < -0.39 is 0 Å². The lowest BCUT2D eigenvalue weighted by Gasteiger charge is -1.99. The highest BCUT2D eigenvalue weighted by Gasteiger charge is 2.22. The van der Waals surface area contributed by atoms with E-state index in [0.717, 1.165) is 23.1 Å². The van der Waals surface area contributed by atoms with Crippen LogP contribution in [-0.2, 0) is 11.3 Å². The zero-order chi connectivity index (χ0) is 19.9. The van der Waals surface area contributed by atoms with Crippen molar-refractivity contribution in [1.29, 1.82) is 0 Å². The van der Waals surface area contributed by atoms with Crippen molar-refractivity contribution in [1.82, 2.24) is 0 Å². The summed E-state index contributed by atoms with van der Waals surface area (Å²) in [4.78, 5) is 25.9. The summed E-state index contributed by atoms with van der Waals surface area (Å²) >= 11 is 11.4. The number of halogens is 2. The van der Waals surface area contributed by atoms with Crippen LogP contribution in [0.15, 0.2) is 71.7 Å². The van der Waals surface area contributed by atoms with Crippen molar-refractivity contribution in [3.63, 3.8) is 0 Å². The van der Waals surface area contributed by atoms with Crippen molar-refractivity contribution in [2.75, 3.05) is 0 Å².